The molecule has 1 fully saturated rings. The number of amidine groups is 1. The van der Waals surface area contributed by atoms with Crippen molar-refractivity contribution in [2.45, 2.75) is 78.4 Å². The van der Waals surface area contributed by atoms with Crippen LogP contribution in [0.2, 0.25) is 0 Å². The Kier molecular flexibility index (Phi) is 31.6. The predicted octanol–water partition coefficient (Wildman–Crippen LogP) is 4.33. The second-order valence-corrected chi connectivity index (χ2v) is 18.4. The molecule has 426 valence electrons. The van der Waals surface area contributed by atoms with Crippen molar-refractivity contribution in [2.24, 2.45) is 10.7 Å². The molecular formula is C54H84N6O16. The van der Waals surface area contributed by atoms with Crippen molar-refractivity contribution in [2.75, 3.05) is 158 Å². The number of hydrogen-bond donors (Lipinski definition) is 2. The first kappa shape index (κ1) is 63.6. The number of esters is 1. The average molecular weight is 1070 g/mol. The molecule has 3 N–H and O–H groups in total. The monoisotopic (exact) mass is 1070 g/mol. The minimum absolute atomic E-state index is 0.197. The van der Waals surface area contributed by atoms with E-state index >= 15 is 0 Å². The van der Waals surface area contributed by atoms with Gasteiger partial charge in [-0.3, -0.25) is 29.0 Å². The fraction of sp³-hybridized carbons (Fsp3) is 0.667. The lowest BCUT2D eigenvalue weighted by Gasteiger charge is -2.23. The Labute approximate surface area is 448 Å². The van der Waals surface area contributed by atoms with Crippen LogP contribution in [0.1, 0.15) is 82.8 Å². The number of fused-ring (bicyclic) bond motifs is 1. The number of hydroxylamine groups is 2. The highest BCUT2D eigenvalue weighted by Gasteiger charge is 2.35. The van der Waals surface area contributed by atoms with Gasteiger partial charge < -0.3 is 68.1 Å². The van der Waals surface area contributed by atoms with Crippen molar-refractivity contribution in [1.29, 1.82) is 0 Å². The van der Waals surface area contributed by atoms with Crippen molar-refractivity contribution in [3.05, 3.63) is 53.4 Å². The van der Waals surface area contributed by atoms with Crippen LogP contribution in [-0.4, -0.2) is 214 Å². The number of likely N-dealkylation sites (tertiary alicyclic amines) is 1. The number of carbonyl (C=O) groups excluding carboxylic acids is 4. The Bertz CT molecular complexity index is 2050. The number of amides is 3. The summed E-state index contributed by atoms with van der Waals surface area (Å²) in [4.78, 5) is 67.8. The number of ether oxygens (including phenoxy) is 11. The summed E-state index contributed by atoms with van der Waals surface area (Å²) in [5, 5.41) is 4.27. The lowest BCUT2D eigenvalue weighted by Crippen LogP contribution is -2.46. The Morgan fingerprint density at radius 3 is 1.70 bits per heavy atom. The number of aliphatic imine (C=N–C) groups is 1. The number of nitrogens with two attached hydrogens (primary N) is 1. The number of hydrogen-bond acceptors (Lipinski definition) is 19. The van der Waals surface area contributed by atoms with E-state index in [0.717, 1.165) is 23.1 Å². The van der Waals surface area contributed by atoms with Gasteiger partial charge in [-0.1, -0.05) is 25.1 Å². The van der Waals surface area contributed by atoms with Crippen LogP contribution in [0.3, 0.4) is 0 Å². The zero-order valence-electron chi connectivity index (χ0n) is 45.5. The van der Waals surface area contributed by atoms with E-state index in [4.69, 9.17) is 62.7 Å². The Balaban J connectivity index is 0.922. The second-order valence-electron chi connectivity index (χ2n) is 18.4. The highest BCUT2D eigenvalue weighted by atomic mass is 16.7. The first-order chi connectivity index (χ1) is 36.9. The number of aromatic nitrogens is 1. The maximum Gasteiger partial charge on any atom is 0.308 e. The minimum atomic E-state index is -0.596. The number of nitrogens with one attached hydrogen (secondary N) is 1. The molecule has 0 saturated carbocycles. The summed E-state index contributed by atoms with van der Waals surface area (Å²) in [5.74, 6) is -0.736. The molecule has 2 aromatic rings. The van der Waals surface area contributed by atoms with Gasteiger partial charge in [0.1, 0.15) is 23.2 Å². The molecule has 3 heterocycles. The van der Waals surface area contributed by atoms with E-state index in [1.165, 1.54) is 5.06 Å². The van der Waals surface area contributed by atoms with Gasteiger partial charge in [0.25, 0.3) is 11.8 Å². The molecular weight excluding hydrogens is 989 g/mol. The van der Waals surface area contributed by atoms with Crippen LogP contribution in [0, 0.1) is 0 Å². The first-order valence-corrected chi connectivity index (χ1v) is 26.6. The van der Waals surface area contributed by atoms with E-state index in [1.54, 1.807) is 23.2 Å². The van der Waals surface area contributed by atoms with Gasteiger partial charge in [0.2, 0.25) is 5.91 Å². The molecule has 1 saturated heterocycles. The van der Waals surface area contributed by atoms with E-state index in [2.05, 4.69) is 15.3 Å². The fourth-order valence-electron chi connectivity index (χ4n) is 7.57. The molecule has 1 aromatic heterocycles. The van der Waals surface area contributed by atoms with Gasteiger partial charge in [-0.05, 0) is 70.7 Å². The zero-order chi connectivity index (χ0) is 54.6. The van der Waals surface area contributed by atoms with Gasteiger partial charge in [0.15, 0.2) is 0 Å². The third kappa shape index (κ3) is 25.9. The SMILES string of the molecule is CCCN(OCC)C(=O)C1=Cc2ccc(-c3ccc(C(=O)N4CCC[C@H]4C(=O)NCCOCCOCCOCCOCCOCCOCCOCCOCCOCCOCCC(=O)OC(C)(C)C)nc3)cc2N=C(N)C1. The number of rotatable bonds is 41. The van der Waals surface area contributed by atoms with Crippen LogP contribution in [0.25, 0.3) is 17.2 Å². The topological polar surface area (TPSA) is 249 Å². The Morgan fingerprint density at radius 1 is 0.697 bits per heavy atom. The summed E-state index contributed by atoms with van der Waals surface area (Å²) >= 11 is 0. The first-order valence-electron chi connectivity index (χ1n) is 26.6. The van der Waals surface area contributed by atoms with Crippen molar-refractivity contribution < 1.29 is 76.1 Å². The van der Waals surface area contributed by atoms with Crippen LogP contribution >= 0.6 is 0 Å². The summed E-state index contributed by atoms with van der Waals surface area (Å²) in [7, 11) is 0. The number of pyridine rings is 1. The molecule has 3 amide bonds. The van der Waals surface area contributed by atoms with E-state index in [-0.39, 0.29) is 42.2 Å². The van der Waals surface area contributed by atoms with Gasteiger partial charge in [-0.25, -0.2) is 10.1 Å². The number of carbonyl (C=O) groups is 4. The van der Waals surface area contributed by atoms with E-state index < -0.39 is 11.6 Å². The van der Waals surface area contributed by atoms with Gasteiger partial charge in [0, 0.05) is 49.0 Å². The van der Waals surface area contributed by atoms with Crippen molar-refractivity contribution in [3.63, 3.8) is 0 Å². The summed E-state index contributed by atoms with van der Waals surface area (Å²) in [6, 6.07) is 8.56. The fourth-order valence-corrected chi connectivity index (χ4v) is 7.57. The molecule has 76 heavy (non-hydrogen) atoms. The maximum atomic E-state index is 13.6. The molecule has 0 unspecified atom stereocenters. The molecule has 0 aliphatic carbocycles. The summed E-state index contributed by atoms with van der Waals surface area (Å²) in [6.45, 7) is 19.4. The average Bonchev–Trinajstić information content (AvgIpc) is 3.83. The third-order valence-electron chi connectivity index (χ3n) is 11.1. The lowest BCUT2D eigenvalue weighted by molar-refractivity contribution is -0.180. The van der Waals surface area contributed by atoms with E-state index in [9.17, 15) is 19.2 Å². The van der Waals surface area contributed by atoms with E-state index in [0.29, 0.717) is 188 Å². The minimum Gasteiger partial charge on any atom is -0.460 e. The molecule has 0 bridgehead atoms. The quantitative estimate of drug-likeness (QED) is 0.0534. The molecule has 1 aromatic carbocycles. The Hall–Kier alpha value is -4.98. The molecule has 1 atom stereocenters. The highest BCUT2D eigenvalue weighted by Crippen LogP contribution is 2.32. The summed E-state index contributed by atoms with van der Waals surface area (Å²) in [6.07, 6.45) is 5.86. The highest BCUT2D eigenvalue weighted by molar-refractivity contribution is 6.05. The molecule has 22 heteroatoms. The molecule has 0 radical (unpaired) electrons. The van der Waals surface area contributed by atoms with Crippen LogP contribution in [0.5, 0.6) is 0 Å². The second kappa shape index (κ2) is 37.7. The molecule has 4 rings (SSSR count). The van der Waals surface area contributed by atoms with Crippen LogP contribution < -0.4 is 11.1 Å². The van der Waals surface area contributed by atoms with Gasteiger partial charge in [0.05, 0.1) is 151 Å². The van der Waals surface area contributed by atoms with Gasteiger partial charge >= 0.3 is 5.97 Å². The van der Waals surface area contributed by atoms with Crippen molar-refractivity contribution in [3.8, 4) is 11.1 Å². The molecule has 22 nitrogen and oxygen atoms in total. The smallest absolute Gasteiger partial charge is 0.308 e. The van der Waals surface area contributed by atoms with Gasteiger partial charge in [-0.15, -0.1) is 0 Å². The molecule has 0 spiro atoms. The Morgan fingerprint density at radius 2 is 1.21 bits per heavy atom. The third-order valence-corrected chi connectivity index (χ3v) is 11.1. The molecule has 2 aliphatic rings. The zero-order valence-corrected chi connectivity index (χ0v) is 45.5. The number of nitrogens with zero attached hydrogens (tertiary/aromatic N) is 4. The number of benzene rings is 1. The predicted molar refractivity (Wildman–Crippen MR) is 283 cm³/mol. The van der Waals surface area contributed by atoms with Crippen LogP contribution in [0.15, 0.2) is 47.1 Å². The maximum absolute atomic E-state index is 13.6. The summed E-state index contributed by atoms with van der Waals surface area (Å²) in [5.41, 5.74) is 9.47. The molecule has 2 aliphatic heterocycles. The normalized spacial score (nSPS) is 14.5. The van der Waals surface area contributed by atoms with Crippen molar-refractivity contribution >= 4 is 41.3 Å². The summed E-state index contributed by atoms with van der Waals surface area (Å²) < 4.78 is 60.3. The van der Waals surface area contributed by atoms with Crippen molar-refractivity contribution in [1.82, 2.24) is 20.3 Å². The standard InChI is InChI=1S/C54H84N6O16/c1-6-16-60(75-7-2)52(63)45-38-43-11-10-42(39-47(43)58-49(55)40-45)44-12-13-46(57-41-44)53(64)59-17-8-9-48(59)51(62)56-15-19-66-21-23-68-25-27-70-29-31-72-33-35-74-37-36-73-34-32-71-30-28-69-26-24-67-22-20-65-18-14-50(61)76-54(3,4)5/h10-13,38-39,41,48H,6-9,14-37,40H2,1-5H3,(H2,55,58)(H,56,62)/t48-/m0/s1. The van der Waals surface area contributed by atoms with Crippen LogP contribution in [-0.2, 0) is 71.3 Å². The van der Waals surface area contributed by atoms with E-state index in [1.807, 2.05) is 58.9 Å². The van der Waals surface area contributed by atoms with Gasteiger partial charge in [-0.2, -0.15) is 0 Å². The van der Waals surface area contributed by atoms with Crippen LogP contribution in [0.4, 0.5) is 5.69 Å². The largest absolute Gasteiger partial charge is 0.460 e. The lowest BCUT2D eigenvalue weighted by atomic mass is 10.0.